The van der Waals surface area contributed by atoms with Crippen molar-refractivity contribution in [2.24, 2.45) is 10.9 Å². The average Bonchev–Trinajstić information content (AvgIpc) is 3.45. The molecule has 2 aromatic rings. The van der Waals surface area contributed by atoms with Crippen LogP contribution in [0, 0.1) is 11.7 Å². The quantitative estimate of drug-likeness (QED) is 0.406. The molecule has 2 atom stereocenters. The van der Waals surface area contributed by atoms with Crippen LogP contribution in [0.4, 0.5) is 13.2 Å². The maximum atomic E-state index is 14.6. The molecule has 3 heterocycles. The van der Waals surface area contributed by atoms with E-state index in [2.05, 4.69) is 15.3 Å². The summed E-state index contributed by atoms with van der Waals surface area (Å²) in [6.45, 7) is 0.894. The number of thiazole rings is 1. The Morgan fingerprint density at radius 3 is 2.72 bits per heavy atom. The Hall–Kier alpha value is -3.51. The number of amidine groups is 1. The Labute approximate surface area is 208 Å². The smallest absolute Gasteiger partial charge is 0.338 e. The van der Waals surface area contributed by atoms with Crippen molar-refractivity contribution in [2.75, 3.05) is 26.2 Å². The van der Waals surface area contributed by atoms with Gasteiger partial charge < -0.3 is 15.2 Å². The Kier molecular flexibility index (Phi) is 7.55. The van der Waals surface area contributed by atoms with Crippen LogP contribution in [0.25, 0.3) is 0 Å². The van der Waals surface area contributed by atoms with E-state index in [-0.39, 0.29) is 25.3 Å². The van der Waals surface area contributed by atoms with E-state index in [1.165, 1.54) is 40.5 Å². The number of aromatic nitrogens is 1. The lowest BCUT2D eigenvalue weighted by Gasteiger charge is -2.29. The zero-order valence-corrected chi connectivity index (χ0v) is 20.0. The summed E-state index contributed by atoms with van der Waals surface area (Å²) in [6.07, 6.45) is 3.28. The van der Waals surface area contributed by atoms with E-state index < -0.39 is 42.2 Å². The summed E-state index contributed by atoms with van der Waals surface area (Å²) in [4.78, 5) is 34.3. The van der Waals surface area contributed by atoms with Gasteiger partial charge in [-0.2, -0.15) is 0 Å². The number of ether oxygens (including phenoxy) is 1. The number of hydrogen-bond donors (Lipinski definition) is 2. The van der Waals surface area contributed by atoms with Gasteiger partial charge in [-0.15, -0.1) is 11.3 Å². The van der Waals surface area contributed by atoms with Gasteiger partial charge in [0.2, 0.25) is 0 Å². The predicted molar refractivity (Wildman–Crippen MR) is 126 cm³/mol. The summed E-state index contributed by atoms with van der Waals surface area (Å²) in [6, 6.07) is 4.62. The summed E-state index contributed by atoms with van der Waals surface area (Å²) >= 11 is 1.30. The minimum absolute atomic E-state index is 0.0801. The number of nitrogens with zero attached hydrogens (tertiary/aromatic N) is 3. The molecule has 2 aliphatic heterocycles. The number of carboxylic acid groups (broad SMARTS) is 1. The number of likely N-dealkylation sites (tertiary alicyclic amines) is 1. The molecule has 12 heteroatoms. The minimum Gasteiger partial charge on any atom is -0.478 e. The molecule has 2 aliphatic rings. The first-order valence-electron chi connectivity index (χ1n) is 11.1. The van der Waals surface area contributed by atoms with Crippen molar-refractivity contribution in [3.8, 4) is 0 Å². The highest BCUT2D eigenvalue weighted by atomic mass is 32.1. The van der Waals surface area contributed by atoms with Crippen molar-refractivity contribution in [1.82, 2.24) is 15.2 Å². The number of carbonyl (C=O) groups is 2. The van der Waals surface area contributed by atoms with Crippen molar-refractivity contribution in [3.05, 3.63) is 75.7 Å². The molecule has 0 saturated carbocycles. The van der Waals surface area contributed by atoms with Crippen molar-refractivity contribution in [3.63, 3.8) is 0 Å². The van der Waals surface area contributed by atoms with Gasteiger partial charge in [0.15, 0.2) is 10.8 Å². The molecule has 1 aromatic carbocycles. The number of nitrogens with one attached hydrogen (secondary N) is 1. The van der Waals surface area contributed by atoms with E-state index in [0.29, 0.717) is 28.2 Å². The monoisotopic (exact) mass is 520 g/mol. The van der Waals surface area contributed by atoms with Crippen molar-refractivity contribution < 1.29 is 32.6 Å². The van der Waals surface area contributed by atoms with Gasteiger partial charge in [0.05, 0.1) is 24.6 Å². The second-order valence-electron chi connectivity index (χ2n) is 8.24. The fourth-order valence-electron chi connectivity index (χ4n) is 4.14. The molecular weight excluding hydrogens is 497 g/mol. The summed E-state index contributed by atoms with van der Waals surface area (Å²) < 4.78 is 48.2. The van der Waals surface area contributed by atoms with Gasteiger partial charge in [0, 0.05) is 36.4 Å². The molecule has 2 N–H and O–H groups in total. The number of rotatable bonds is 8. The normalized spacial score (nSPS) is 21.9. The summed E-state index contributed by atoms with van der Waals surface area (Å²) in [7, 11) is 0. The highest BCUT2D eigenvalue weighted by Gasteiger charge is 2.47. The molecule has 4 rings (SSSR count). The largest absolute Gasteiger partial charge is 0.478 e. The molecule has 1 fully saturated rings. The Morgan fingerprint density at radius 2 is 2.08 bits per heavy atom. The third kappa shape index (κ3) is 5.65. The number of aliphatic imine (C=N–C) groups is 1. The van der Waals surface area contributed by atoms with Gasteiger partial charge in [-0.05, 0) is 24.6 Å². The van der Waals surface area contributed by atoms with Crippen LogP contribution < -0.4 is 5.32 Å². The first-order valence-corrected chi connectivity index (χ1v) is 12.0. The third-order valence-electron chi connectivity index (χ3n) is 5.73. The molecule has 0 amide bonds. The highest BCUT2D eigenvalue weighted by Crippen LogP contribution is 2.37. The molecule has 0 aliphatic carbocycles. The van der Waals surface area contributed by atoms with Crippen LogP contribution in [0.3, 0.4) is 0 Å². The van der Waals surface area contributed by atoms with Crippen LogP contribution in [0.1, 0.15) is 23.5 Å². The number of halogens is 3. The fraction of sp³-hybridized carbons (Fsp3) is 0.333. The lowest BCUT2D eigenvalue weighted by Crippen LogP contribution is -2.39. The van der Waals surface area contributed by atoms with Crippen LogP contribution >= 0.6 is 11.3 Å². The number of hydrogen-bond acceptors (Lipinski definition) is 8. The van der Waals surface area contributed by atoms with E-state index >= 15 is 0 Å². The number of benzene rings is 1. The van der Waals surface area contributed by atoms with Gasteiger partial charge in [-0.1, -0.05) is 18.2 Å². The number of carboxylic acids is 1. The van der Waals surface area contributed by atoms with Crippen LogP contribution in [0.2, 0.25) is 0 Å². The number of aliphatic carboxylic acids is 1. The van der Waals surface area contributed by atoms with E-state index in [0.717, 1.165) is 6.08 Å². The van der Waals surface area contributed by atoms with Crippen molar-refractivity contribution in [2.45, 2.75) is 18.9 Å². The summed E-state index contributed by atoms with van der Waals surface area (Å²) in [5.41, 5.74) is 0.944. The maximum Gasteiger partial charge on any atom is 0.338 e. The second-order valence-corrected chi connectivity index (χ2v) is 9.14. The number of esters is 1. The molecule has 190 valence electrons. The Bertz CT molecular complexity index is 1210. The Balaban J connectivity index is 1.73. The van der Waals surface area contributed by atoms with Crippen LogP contribution in [-0.2, 0) is 14.3 Å². The van der Waals surface area contributed by atoms with E-state index in [4.69, 9.17) is 9.84 Å². The van der Waals surface area contributed by atoms with Crippen LogP contribution in [0.15, 0.2) is 64.3 Å². The first-order chi connectivity index (χ1) is 17.2. The fourth-order valence-corrected chi connectivity index (χ4v) is 4.73. The Morgan fingerprint density at radius 1 is 1.33 bits per heavy atom. The van der Waals surface area contributed by atoms with E-state index in [1.807, 2.05) is 0 Å². The first kappa shape index (κ1) is 25.6. The topological polar surface area (TPSA) is 104 Å². The molecule has 0 radical (unpaired) electrons. The lowest BCUT2D eigenvalue weighted by molar-refractivity contribution is -0.139. The zero-order chi connectivity index (χ0) is 25.9. The molecule has 2 unspecified atom stereocenters. The second kappa shape index (κ2) is 10.6. The van der Waals surface area contributed by atoms with Crippen LogP contribution in [-0.4, -0.2) is 64.9 Å². The van der Waals surface area contributed by atoms with Crippen molar-refractivity contribution in [1.29, 1.82) is 0 Å². The molecule has 0 bridgehead atoms. The molecule has 36 heavy (non-hydrogen) atoms. The van der Waals surface area contributed by atoms with Gasteiger partial charge in [0.1, 0.15) is 11.9 Å². The van der Waals surface area contributed by atoms with Gasteiger partial charge >= 0.3 is 11.9 Å². The standard InChI is InChI=1S/C24H23F3N4O4S/c1-2-35-23(34)19-17(12-31-11-15(5-8-18(32)33)24(26,27)13-31)29-21(22-28-9-10-36-22)30-20(19)14-3-6-16(25)7-4-14/h3-10,15,20H,2,11-13H2,1H3,(H,29,30)(H,32,33)/b8-5+. The molecule has 1 aromatic heterocycles. The summed E-state index contributed by atoms with van der Waals surface area (Å²) in [5.74, 6) is -6.56. The molecule has 0 spiro atoms. The van der Waals surface area contributed by atoms with Gasteiger partial charge in [0.25, 0.3) is 5.92 Å². The molecule has 8 nitrogen and oxygen atoms in total. The highest BCUT2D eigenvalue weighted by molar-refractivity contribution is 7.11. The lowest BCUT2D eigenvalue weighted by atomic mass is 9.95. The van der Waals surface area contributed by atoms with E-state index in [9.17, 15) is 22.8 Å². The molecule has 1 saturated heterocycles. The predicted octanol–water partition coefficient (Wildman–Crippen LogP) is 3.40. The molecular formula is C24H23F3N4O4S. The third-order valence-corrected chi connectivity index (χ3v) is 6.51. The SMILES string of the molecule is CCOC(=O)C1=C(CN2CC(/C=C/C(=O)O)C(F)(F)C2)NC(c2nccs2)=NC1c1ccc(F)cc1. The number of carbonyl (C=O) groups excluding carboxylic acids is 1. The van der Waals surface area contributed by atoms with Gasteiger partial charge in [-0.25, -0.2) is 27.7 Å². The van der Waals surface area contributed by atoms with E-state index in [1.54, 1.807) is 18.5 Å². The number of alkyl halides is 2. The zero-order valence-electron chi connectivity index (χ0n) is 19.2. The van der Waals surface area contributed by atoms with Crippen molar-refractivity contribution >= 4 is 29.1 Å². The average molecular weight is 521 g/mol. The van der Waals surface area contributed by atoms with Gasteiger partial charge in [-0.3, -0.25) is 9.89 Å². The summed E-state index contributed by atoms with van der Waals surface area (Å²) in [5, 5.41) is 14.2. The van der Waals surface area contributed by atoms with Crippen LogP contribution in [0.5, 0.6) is 0 Å². The maximum absolute atomic E-state index is 14.6. The minimum atomic E-state index is -3.16.